The molecule has 0 aliphatic carbocycles. The molecule has 2 aromatic carbocycles. The largest absolute Gasteiger partial charge is 0.494 e. The number of nitrogens with zero attached hydrogens (tertiary/aromatic N) is 1. The van der Waals surface area contributed by atoms with Crippen LogP contribution in [-0.4, -0.2) is 43.7 Å². The zero-order valence-corrected chi connectivity index (χ0v) is 15.9. The Morgan fingerprint density at radius 1 is 1.22 bits per heavy atom. The predicted octanol–water partition coefficient (Wildman–Crippen LogP) is 4.53. The van der Waals surface area contributed by atoms with E-state index in [2.05, 4.69) is 6.92 Å². The van der Waals surface area contributed by atoms with Crippen molar-refractivity contribution in [1.29, 1.82) is 0 Å². The highest BCUT2D eigenvalue weighted by Crippen LogP contribution is 2.27. The molecule has 1 unspecified atom stereocenters. The Bertz CT molecular complexity index is 793. The van der Waals surface area contributed by atoms with Crippen LogP contribution in [0.15, 0.2) is 42.5 Å². The molecule has 2 aromatic rings. The number of hydrogen-bond acceptors (Lipinski definition) is 3. The van der Waals surface area contributed by atoms with Gasteiger partial charge in [0.15, 0.2) is 11.6 Å². The summed E-state index contributed by atoms with van der Waals surface area (Å²) in [5.74, 6) is -0.216. The Morgan fingerprint density at radius 3 is 2.78 bits per heavy atom. The molecule has 1 fully saturated rings. The molecular formula is C22H26FNO3. The van der Waals surface area contributed by atoms with Crippen molar-refractivity contribution in [2.75, 3.05) is 26.8 Å². The lowest BCUT2D eigenvalue weighted by molar-refractivity contribution is 0.00211. The topological polar surface area (TPSA) is 38.8 Å². The number of ether oxygens (including phenoxy) is 2. The summed E-state index contributed by atoms with van der Waals surface area (Å²) in [4.78, 5) is 14.8. The number of carbonyl (C=O) groups is 1. The van der Waals surface area contributed by atoms with Crippen molar-refractivity contribution in [3.8, 4) is 16.9 Å². The molecule has 0 saturated carbocycles. The summed E-state index contributed by atoms with van der Waals surface area (Å²) in [6, 6.07) is 12.2. The number of methoxy groups -OCH3 is 1. The second-order valence-electron chi connectivity index (χ2n) is 6.82. The van der Waals surface area contributed by atoms with Gasteiger partial charge in [0.25, 0.3) is 5.91 Å². The second-order valence-corrected chi connectivity index (χ2v) is 6.82. The van der Waals surface area contributed by atoms with Gasteiger partial charge < -0.3 is 14.4 Å². The monoisotopic (exact) mass is 371 g/mol. The summed E-state index contributed by atoms with van der Waals surface area (Å²) in [5, 5.41) is 0. The predicted molar refractivity (Wildman–Crippen MR) is 104 cm³/mol. The molecule has 5 heteroatoms. The van der Waals surface area contributed by atoms with Gasteiger partial charge in [0.2, 0.25) is 0 Å². The van der Waals surface area contributed by atoms with E-state index in [1.54, 1.807) is 12.1 Å². The number of halogens is 1. The minimum atomic E-state index is -0.418. The fourth-order valence-corrected chi connectivity index (χ4v) is 3.40. The van der Waals surface area contributed by atoms with E-state index in [-0.39, 0.29) is 17.8 Å². The molecule has 4 nitrogen and oxygen atoms in total. The Hall–Kier alpha value is -2.40. The van der Waals surface area contributed by atoms with Crippen LogP contribution >= 0.6 is 0 Å². The molecular weight excluding hydrogens is 345 g/mol. The molecule has 27 heavy (non-hydrogen) atoms. The number of hydrogen-bond donors (Lipinski definition) is 0. The van der Waals surface area contributed by atoms with Crippen LogP contribution in [0.5, 0.6) is 5.75 Å². The lowest BCUT2D eigenvalue weighted by Gasteiger charge is -2.32. The first-order chi connectivity index (χ1) is 13.1. The van der Waals surface area contributed by atoms with E-state index in [0.717, 1.165) is 38.0 Å². The maximum atomic E-state index is 14.0. The van der Waals surface area contributed by atoms with Crippen LogP contribution in [-0.2, 0) is 4.74 Å². The third kappa shape index (κ3) is 4.66. The van der Waals surface area contributed by atoms with E-state index in [1.807, 2.05) is 29.2 Å². The van der Waals surface area contributed by atoms with Crippen LogP contribution in [0.3, 0.4) is 0 Å². The van der Waals surface area contributed by atoms with E-state index >= 15 is 0 Å². The van der Waals surface area contributed by atoms with Gasteiger partial charge in [0.1, 0.15) is 0 Å². The molecule has 3 rings (SSSR count). The van der Waals surface area contributed by atoms with E-state index in [4.69, 9.17) is 9.47 Å². The van der Waals surface area contributed by atoms with Crippen molar-refractivity contribution in [3.05, 3.63) is 53.8 Å². The lowest BCUT2D eigenvalue weighted by atomic mass is 10.0. The molecule has 1 amide bonds. The normalized spacial score (nSPS) is 17.0. The van der Waals surface area contributed by atoms with Gasteiger partial charge in [-0.15, -0.1) is 0 Å². The van der Waals surface area contributed by atoms with Gasteiger partial charge in [0.05, 0.1) is 13.2 Å². The third-order valence-corrected chi connectivity index (χ3v) is 4.82. The average Bonchev–Trinajstić information content (AvgIpc) is 2.72. The zero-order chi connectivity index (χ0) is 19.2. The van der Waals surface area contributed by atoms with E-state index < -0.39 is 5.82 Å². The number of benzene rings is 2. The van der Waals surface area contributed by atoms with Gasteiger partial charge in [-0.25, -0.2) is 4.39 Å². The molecule has 0 N–H and O–H groups in total. The standard InChI is InChI=1S/C22H26FNO3/c1-3-12-27-19-8-5-11-24(15-19)22(25)18-7-4-6-16(13-18)17-9-10-21(26-2)20(23)14-17/h4,6-7,9-10,13-14,19H,3,5,8,11-12,15H2,1-2H3. The summed E-state index contributed by atoms with van der Waals surface area (Å²) in [6.07, 6.45) is 3.03. The van der Waals surface area contributed by atoms with E-state index in [0.29, 0.717) is 17.7 Å². The first kappa shape index (κ1) is 19.4. The summed E-state index contributed by atoms with van der Waals surface area (Å²) >= 11 is 0. The van der Waals surface area contributed by atoms with Gasteiger partial charge in [0, 0.05) is 25.3 Å². The quantitative estimate of drug-likeness (QED) is 0.749. The van der Waals surface area contributed by atoms with Gasteiger partial charge in [-0.3, -0.25) is 4.79 Å². The Balaban J connectivity index is 1.76. The van der Waals surface area contributed by atoms with Crippen LogP contribution in [0.25, 0.3) is 11.1 Å². The van der Waals surface area contributed by atoms with Gasteiger partial charge in [-0.2, -0.15) is 0 Å². The van der Waals surface area contributed by atoms with Gasteiger partial charge >= 0.3 is 0 Å². The summed E-state index contributed by atoms with van der Waals surface area (Å²) in [7, 11) is 1.44. The number of likely N-dealkylation sites (tertiary alicyclic amines) is 1. The third-order valence-electron chi connectivity index (χ3n) is 4.82. The molecule has 1 saturated heterocycles. The maximum Gasteiger partial charge on any atom is 0.253 e. The fraction of sp³-hybridized carbons (Fsp3) is 0.409. The Labute approximate surface area is 159 Å². The number of piperidine rings is 1. The number of rotatable bonds is 6. The average molecular weight is 371 g/mol. The molecule has 0 bridgehead atoms. The number of carbonyl (C=O) groups excluding carboxylic acids is 1. The Morgan fingerprint density at radius 2 is 2.04 bits per heavy atom. The molecule has 144 valence electrons. The molecule has 0 radical (unpaired) electrons. The highest BCUT2D eigenvalue weighted by molar-refractivity contribution is 5.95. The summed E-state index contributed by atoms with van der Waals surface area (Å²) in [5.41, 5.74) is 2.13. The first-order valence-corrected chi connectivity index (χ1v) is 9.47. The molecule has 1 aliphatic heterocycles. The molecule has 1 atom stereocenters. The van der Waals surface area contributed by atoms with E-state index in [9.17, 15) is 9.18 Å². The second kappa shape index (κ2) is 9.00. The highest BCUT2D eigenvalue weighted by atomic mass is 19.1. The van der Waals surface area contributed by atoms with Gasteiger partial charge in [-0.05, 0) is 54.7 Å². The highest BCUT2D eigenvalue weighted by Gasteiger charge is 2.25. The molecule has 0 spiro atoms. The van der Waals surface area contributed by atoms with Crippen molar-refractivity contribution in [2.45, 2.75) is 32.3 Å². The summed E-state index contributed by atoms with van der Waals surface area (Å²) in [6.45, 7) is 4.18. The molecule has 0 aromatic heterocycles. The van der Waals surface area contributed by atoms with Crippen LogP contribution in [0.4, 0.5) is 4.39 Å². The van der Waals surface area contributed by atoms with Crippen LogP contribution in [0, 0.1) is 5.82 Å². The molecule has 1 aliphatic rings. The van der Waals surface area contributed by atoms with Crippen molar-refractivity contribution in [2.24, 2.45) is 0 Å². The number of amides is 1. The van der Waals surface area contributed by atoms with Crippen molar-refractivity contribution in [1.82, 2.24) is 4.90 Å². The lowest BCUT2D eigenvalue weighted by Crippen LogP contribution is -2.43. The van der Waals surface area contributed by atoms with Crippen molar-refractivity contribution < 1.29 is 18.7 Å². The summed E-state index contributed by atoms with van der Waals surface area (Å²) < 4.78 is 24.8. The van der Waals surface area contributed by atoms with Gasteiger partial charge in [-0.1, -0.05) is 25.1 Å². The minimum Gasteiger partial charge on any atom is -0.494 e. The Kier molecular flexibility index (Phi) is 6.45. The first-order valence-electron chi connectivity index (χ1n) is 9.47. The zero-order valence-electron chi connectivity index (χ0n) is 15.9. The minimum absolute atomic E-state index is 0.00404. The van der Waals surface area contributed by atoms with Crippen LogP contribution in [0.1, 0.15) is 36.5 Å². The van der Waals surface area contributed by atoms with E-state index in [1.165, 1.54) is 13.2 Å². The van der Waals surface area contributed by atoms with Crippen LogP contribution in [0.2, 0.25) is 0 Å². The van der Waals surface area contributed by atoms with Crippen molar-refractivity contribution in [3.63, 3.8) is 0 Å². The molecule has 1 heterocycles. The fourth-order valence-electron chi connectivity index (χ4n) is 3.40. The van der Waals surface area contributed by atoms with Crippen LogP contribution < -0.4 is 4.74 Å². The SMILES string of the molecule is CCCOC1CCCN(C(=O)c2cccc(-c3ccc(OC)c(F)c3)c2)C1. The maximum absolute atomic E-state index is 14.0. The van der Waals surface area contributed by atoms with Crippen molar-refractivity contribution >= 4 is 5.91 Å². The smallest absolute Gasteiger partial charge is 0.253 e.